The molecule has 0 bridgehead atoms. The molecule has 2 nitrogen and oxygen atoms in total. The first-order valence-corrected chi connectivity index (χ1v) is 23.5. The quantitative estimate of drug-likeness (QED) is 0.163. The molecule has 0 unspecified atom stereocenters. The number of hydrogen-bond donors (Lipinski definition) is 0. The molecule has 7 aromatic carbocycles. The third kappa shape index (κ3) is 6.20. The highest BCUT2D eigenvalue weighted by Crippen LogP contribution is 2.53. The van der Waals surface area contributed by atoms with Gasteiger partial charge in [0.1, 0.15) is 0 Å². The number of anilines is 6. The number of benzene rings is 7. The van der Waals surface area contributed by atoms with Gasteiger partial charge >= 0.3 is 0 Å². The Kier molecular flexibility index (Phi) is 8.80. The topological polar surface area (TPSA) is 6.48 Å². The van der Waals surface area contributed by atoms with Crippen LogP contribution < -0.4 is 26.2 Å². The maximum Gasteiger partial charge on any atom is 0.252 e. The number of fused-ring (bicyclic) bond motifs is 6. The fraction of sp³-hybridized carbons (Fsp3) is 0.300. The van der Waals surface area contributed by atoms with Crippen LogP contribution in [-0.4, -0.2) is 6.71 Å². The van der Waals surface area contributed by atoms with Gasteiger partial charge in [-0.2, -0.15) is 0 Å². The molecule has 314 valence electrons. The molecule has 0 spiro atoms. The molecule has 2 aliphatic heterocycles. The smallest absolute Gasteiger partial charge is 0.252 e. The molecule has 0 radical (unpaired) electrons. The van der Waals surface area contributed by atoms with Gasteiger partial charge in [-0.25, -0.2) is 0 Å². The molecule has 0 amide bonds. The lowest BCUT2D eigenvalue weighted by Crippen LogP contribution is -2.62. The molecule has 0 aromatic heterocycles. The zero-order valence-electron chi connectivity index (χ0n) is 39.1. The molecule has 4 aliphatic rings. The lowest BCUT2D eigenvalue weighted by molar-refractivity contribution is 0.332. The van der Waals surface area contributed by atoms with Crippen molar-refractivity contribution >= 4 is 57.2 Å². The van der Waals surface area contributed by atoms with Crippen molar-refractivity contribution < 1.29 is 0 Å². The van der Waals surface area contributed by atoms with Crippen LogP contribution in [0, 0.1) is 13.8 Å². The monoisotopic (exact) mass is 820 g/mol. The van der Waals surface area contributed by atoms with Crippen molar-refractivity contribution in [3.8, 4) is 22.3 Å². The van der Waals surface area contributed by atoms with E-state index in [1.54, 1.807) is 0 Å². The lowest BCUT2D eigenvalue weighted by atomic mass is 9.33. The molecule has 7 aromatic rings. The Morgan fingerprint density at radius 2 is 0.873 bits per heavy atom. The fourth-order valence-electron chi connectivity index (χ4n) is 12.0. The van der Waals surface area contributed by atoms with Crippen LogP contribution in [0.5, 0.6) is 0 Å². The second kappa shape index (κ2) is 13.9. The van der Waals surface area contributed by atoms with Gasteiger partial charge in [-0.3, -0.25) is 0 Å². The molecule has 3 heteroatoms. The van der Waals surface area contributed by atoms with Crippen molar-refractivity contribution in [3.05, 3.63) is 173 Å². The highest BCUT2D eigenvalue weighted by Gasteiger charge is 2.47. The van der Waals surface area contributed by atoms with Gasteiger partial charge in [-0.1, -0.05) is 146 Å². The van der Waals surface area contributed by atoms with Crippen LogP contribution >= 0.6 is 0 Å². The summed E-state index contributed by atoms with van der Waals surface area (Å²) < 4.78 is 0. The van der Waals surface area contributed by atoms with Crippen molar-refractivity contribution in [2.24, 2.45) is 0 Å². The Labute approximate surface area is 377 Å². The summed E-state index contributed by atoms with van der Waals surface area (Å²) in [5.41, 5.74) is 25.7. The number of rotatable bonds is 4. The van der Waals surface area contributed by atoms with E-state index >= 15 is 0 Å². The minimum Gasteiger partial charge on any atom is -0.311 e. The first-order chi connectivity index (χ1) is 30.0. The Morgan fingerprint density at radius 1 is 0.381 bits per heavy atom. The van der Waals surface area contributed by atoms with E-state index < -0.39 is 0 Å². The van der Waals surface area contributed by atoms with E-state index in [0.29, 0.717) is 0 Å². The lowest BCUT2D eigenvalue weighted by Gasteiger charge is -2.48. The third-order valence-corrected chi connectivity index (χ3v) is 15.9. The van der Waals surface area contributed by atoms with Gasteiger partial charge in [0, 0.05) is 34.1 Å². The van der Waals surface area contributed by atoms with Gasteiger partial charge in [0.15, 0.2) is 0 Å². The molecular formula is C60H61BN2. The Balaban J connectivity index is 1.23. The molecule has 0 saturated carbocycles. The van der Waals surface area contributed by atoms with Gasteiger partial charge in [-0.05, 0) is 182 Å². The summed E-state index contributed by atoms with van der Waals surface area (Å²) in [6.45, 7) is 24.4. The van der Waals surface area contributed by atoms with Crippen LogP contribution in [0.25, 0.3) is 22.3 Å². The van der Waals surface area contributed by atoms with Gasteiger partial charge in [0.2, 0.25) is 0 Å². The van der Waals surface area contributed by atoms with Crippen molar-refractivity contribution in [2.75, 3.05) is 9.80 Å². The minimum atomic E-state index is 0.0415. The third-order valence-electron chi connectivity index (χ3n) is 15.9. The summed E-state index contributed by atoms with van der Waals surface area (Å²) in [4.78, 5) is 5.28. The van der Waals surface area contributed by atoms with Crippen molar-refractivity contribution in [1.82, 2.24) is 0 Å². The maximum absolute atomic E-state index is 2.68. The zero-order chi connectivity index (χ0) is 43.8. The van der Waals surface area contributed by atoms with Crippen LogP contribution in [0.4, 0.5) is 34.1 Å². The van der Waals surface area contributed by atoms with Crippen LogP contribution in [0.2, 0.25) is 0 Å². The minimum absolute atomic E-state index is 0.0415. The van der Waals surface area contributed by atoms with Crippen LogP contribution in [0.3, 0.4) is 0 Å². The average molecular weight is 821 g/mol. The van der Waals surface area contributed by atoms with Gasteiger partial charge < -0.3 is 9.80 Å². The molecule has 2 aliphatic carbocycles. The summed E-state index contributed by atoms with van der Waals surface area (Å²) >= 11 is 0. The van der Waals surface area contributed by atoms with Gasteiger partial charge in [-0.15, -0.1) is 0 Å². The van der Waals surface area contributed by atoms with Crippen LogP contribution in [0.1, 0.15) is 114 Å². The predicted molar refractivity (Wildman–Crippen MR) is 271 cm³/mol. The number of nitrogens with zero attached hydrogens (tertiary/aromatic N) is 2. The molecule has 11 rings (SSSR count). The first kappa shape index (κ1) is 40.0. The van der Waals surface area contributed by atoms with Crippen molar-refractivity contribution in [2.45, 2.75) is 117 Å². The number of aryl methyl sites for hydroxylation is 2. The largest absolute Gasteiger partial charge is 0.311 e. The second-order valence-electron chi connectivity index (χ2n) is 22.0. The van der Waals surface area contributed by atoms with E-state index in [1.165, 1.54) is 132 Å². The Morgan fingerprint density at radius 3 is 1.46 bits per heavy atom. The van der Waals surface area contributed by atoms with E-state index in [4.69, 9.17) is 0 Å². The second-order valence-corrected chi connectivity index (χ2v) is 22.0. The van der Waals surface area contributed by atoms with Crippen LogP contribution in [-0.2, 0) is 21.7 Å². The number of hydrogen-bond acceptors (Lipinski definition) is 2. The first-order valence-electron chi connectivity index (χ1n) is 23.5. The SMILES string of the molecule is Cc1cc2c3c(c1)N(c1ccc(-c4ccccc4)cc1C)c1ccc(-c4ccccc4)cc1B3c1cc3c(cc1N2c1ccc2c(c1)C(C)(C)CCC2(C)C)C(C)(C)CCC3(C)C. The Bertz CT molecular complexity index is 2990. The molecule has 2 heterocycles. The summed E-state index contributed by atoms with van der Waals surface area (Å²) in [7, 11) is 0. The molecular weight excluding hydrogens is 759 g/mol. The summed E-state index contributed by atoms with van der Waals surface area (Å²) in [6, 6.07) is 53.9. The molecule has 0 atom stereocenters. The normalized spacial score (nSPS) is 18.2. The highest BCUT2D eigenvalue weighted by atomic mass is 15.2. The van der Waals surface area contributed by atoms with Crippen molar-refractivity contribution in [3.63, 3.8) is 0 Å². The fourth-order valence-corrected chi connectivity index (χ4v) is 12.0. The molecule has 0 saturated heterocycles. The molecule has 63 heavy (non-hydrogen) atoms. The van der Waals surface area contributed by atoms with Crippen molar-refractivity contribution in [1.29, 1.82) is 0 Å². The predicted octanol–water partition coefficient (Wildman–Crippen LogP) is 14.4. The highest BCUT2D eigenvalue weighted by molar-refractivity contribution is 7.00. The Hall–Kier alpha value is -5.80. The van der Waals surface area contributed by atoms with E-state index in [2.05, 4.69) is 219 Å². The molecule has 0 fully saturated rings. The van der Waals surface area contributed by atoms with E-state index in [-0.39, 0.29) is 28.4 Å². The molecule has 0 N–H and O–H groups in total. The summed E-state index contributed by atoms with van der Waals surface area (Å²) in [5, 5.41) is 0. The maximum atomic E-state index is 2.68. The van der Waals surface area contributed by atoms with E-state index in [1.807, 2.05) is 0 Å². The summed E-state index contributed by atoms with van der Waals surface area (Å²) in [6.07, 6.45) is 4.74. The van der Waals surface area contributed by atoms with E-state index in [9.17, 15) is 0 Å². The summed E-state index contributed by atoms with van der Waals surface area (Å²) in [5.74, 6) is 0. The van der Waals surface area contributed by atoms with Gasteiger partial charge in [0.25, 0.3) is 6.71 Å². The average Bonchev–Trinajstić information content (AvgIpc) is 3.27. The van der Waals surface area contributed by atoms with Crippen LogP contribution in [0.15, 0.2) is 140 Å². The van der Waals surface area contributed by atoms with E-state index in [0.717, 1.165) is 0 Å². The van der Waals surface area contributed by atoms with Gasteiger partial charge in [0.05, 0.1) is 0 Å². The standard InChI is InChI=1S/C60H61BN2/c1-38-31-54-56-55(32-38)63(51-25-21-42(33-39(51)2)40-17-13-11-14-18-40)52-26-22-43(41-19-15-12-16-20-41)34-49(52)61(56)50-36-47-48(60(9,10)30-29-59(47,7)8)37-53(50)62(54)44-23-24-45-46(35-44)58(5,6)28-27-57(45,3)4/h11-26,31-37H,27-30H2,1-10H3. The zero-order valence-corrected chi connectivity index (χ0v) is 39.1.